The van der Waals surface area contributed by atoms with Crippen LogP contribution in [-0.4, -0.2) is 16.1 Å². The van der Waals surface area contributed by atoms with Crippen LogP contribution in [0.15, 0.2) is 12.4 Å². The van der Waals surface area contributed by atoms with Crippen LogP contribution in [0.2, 0.25) is 0 Å². The van der Waals surface area contributed by atoms with Gasteiger partial charge in [-0.05, 0) is 24.3 Å². The summed E-state index contributed by atoms with van der Waals surface area (Å²) in [6.07, 6.45) is 5.97. The molecule has 0 radical (unpaired) electrons. The molecule has 0 saturated heterocycles. The molecular formula is C12H23N3. The van der Waals surface area contributed by atoms with E-state index in [1.54, 1.807) is 0 Å². The third kappa shape index (κ3) is 3.34. The number of nitrogens with zero attached hydrogens (tertiary/aromatic N) is 2. The normalized spacial score (nSPS) is 14.2. The van der Waals surface area contributed by atoms with E-state index in [0.717, 1.165) is 25.2 Å². The topological polar surface area (TPSA) is 43.8 Å². The van der Waals surface area contributed by atoms with E-state index < -0.39 is 0 Å². The van der Waals surface area contributed by atoms with Gasteiger partial charge in [0.2, 0.25) is 0 Å². The van der Waals surface area contributed by atoms with Crippen molar-refractivity contribution in [2.24, 2.45) is 24.1 Å². The monoisotopic (exact) mass is 209 g/mol. The smallest absolute Gasteiger partial charge is 0.108 e. The summed E-state index contributed by atoms with van der Waals surface area (Å²) < 4.78 is 2.08. The van der Waals surface area contributed by atoms with Crippen LogP contribution >= 0.6 is 0 Å². The lowest BCUT2D eigenvalue weighted by molar-refractivity contribution is 0.232. The Hall–Kier alpha value is -0.830. The van der Waals surface area contributed by atoms with Crippen LogP contribution in [0, 0.1) is 11.3 Å². The highest BCUT2D eigenvalue weighted by Crippen LogP contribution is 2.28. The minimum absolute atomic E-state index is 0.292. The number of aryl methyl sites for hydroxylation is 2. The third-order valence-corrected chi connectivity index (χ3v) is 3.15. The molecule has 0 aromatic carbocycles. The lowest BCUT2D eigenvalue weighted by Crippen LogP contribution is -2.28. The molecule has 3 nitrogen and oxygen atoms in total. The van der Waals surface area contributed by atoms with Crippen LogP contribution in [0.25, 0.3) is 0 Å². The van der Waals surface area contributed by atoms with Gasteiger partial charge in [0.15, 0.2) is 0 Å². The first-order valence-electron chi connectivity index (χ1n) is 5.61. The molecule has 1 aromatic heterocycles. The first kappa shape index (κ1) is 12.2. The zero-order valence-corrected chi connectivity index (χ0v) is 10.3. The zero-order valence-electron chi connectivity index (χ0n) is 10.3. The van der Waals surface area contributed by atoms with Crippen molar-refractivity contribution in [2.45, 2.75) is 33.6 Å². The van der Waals surface area contributed by atoms with Gasteiger partial charge in [0.1, 0.15) is 5.82 Å². The minimum Gasteiger partial charge on any atom is -0.338 e. The minimum atomic E-state index is 0.292. The predicted molar refractivity (Wildman–Crippen MR) is 63.5 cm³/mol. The Morgan fingerprint density at radius 2 is 2.13 bits per heavy atom. The first-order chi connectivity index (χ1) is 6.95. The molecule has 0 bridgehead atoms. The van der Waals surface area contributed by atoms with Gasteiger partial charge in [-0.1, -0.05) is 20.8 Å². The Bertz CT molecular complexity index is 296. The van der Waals surface area contributed by atoms with E-state index in [1.165, 1.54) is 0 Å². The van der Waals surface area contributed by atoms with Gasteiger partial charge in [-0.2, -0.15) is 0 Å². The number of rotatable bonds is 4. The van der Waals surface area contributed by atoms with Crippen molar-refractivity contribution in [3.63, 3.8) is 0 Å². The fraction of sp³-hybridized carbons (Fsp3) is 0.750. The summed E-state index contributed by atoms with van der Waals surface area (Å²) in [6, 6.07) is 0. The van der Waals surface area contributed by atoms with E-state index in [9.17, 15) is 0 Å². The summed E-state index contributed by atoms with van der Waals surface area (Å²) in [5.74, 6) is 1.71. The summed E-state index contributed by atoms with van der Waals surface area (Å²) in [4.78, 5) is 4.33. The maximum absolute atomic E-state index is 5.81. The molecule has 0 amide bonds. The molecule has 0 aliphatic carbocycles. The molecule has 0 fully saturated rings. The number of hydrogen-bond donors (Lipinski definition) is 1. The van der Waals surface area contributed by atoms with Crippen molar-refractivity contribution in [3.8, 4) is 0 Å². The Morgan fingerprint density at radius 3 is 2.53 bits per heavy atom. The van der Waals surface area contributed by atoms with Crippen LogP contribution in [-0.2, 0) is 13.5 Å². The van der Waals surface area contributed by atoms with Crippen LogP contribution in [0.4, 0.5) is 0 Å². The second-order valence-corrected chi connectivity index (χ2v) is 5.29. The molecule has 1 unspecified atom stereocenters. The van der Waals surface area contributed by atoms with Crippen molar-refractivity contribution >= 4 is 0 Å². The molecule has 0 saturated carbocycles. The molecule has 1 atom stereocenters. The molecule has 1 aromatic rings. The Morgan fingerprint density at radius 1 is 1.47 bits per heavy atom. The van der Waals surface area contributed by atoms with Crippen molar-refractivity contribution in [3.05, 3.63) is 18.2 Å². The van der Waals surface area contributed by atoms with Gasteiger partial charge in [-0.25, -0.2) is 4.98 Å². The molecule has 3 heteroatoms. The fourth-order valence-electron chi connectivity index (χ4n) is 1.85. The highest BCUT2D eigenvalue weighted by molar-refractivity contribution is 4.92. The maximum Gasteiger partial charge on any atom is 0.108 e. The maximum atomic E-state index is 5.81. The molecule has 1 heterocycles. The molecule has 0 spiro atoms. The van der Waals surface area contributed by atoms with Crippen molar-refractivity contribution in [2.75, 3.05) is 6.54 Å². The van der Waals surface area contributed by atoms with Gasteiger partial charge in [0.25, 0.3) is 0 Å². The quantitative estimate of drug-likeness (QED) is 0.824. The average molecular weight is 209 g/mol. The zero-order chi connectivity index (χ0) is 11.5. The summed E-state index contributed by atoms with van der Waals surface area (Å²) in [5, 5.41) is 0. The first-order valence-corrected chi connectivity index (χ1v) is 5.61. The van der Waals surface area contributed by atoms with E-state index >= 15 is 0 Å². The van der Waals surface area contributed by atoms with E-state index in [2.05, 4.69) is 30.3 Å². The molecule has 1 rings (SSSR count). The summed E-state index contributed by atoms with van der Waals surface area (Å²) in [7, 11) is 2.04. The summed E-state index contributed by atoms with van der Waals surface area (Å²) >= 11 is 0. The lowest BCUT2D eigenvalue weighted by atomic mass is 9.78. The standard InChI is InChI=1S/C12H23N3/c1-12(2,3)10(9-13)5-6-11-14-7-8-15(11)4/h7-8,10H,5-6,9,13H2,1-4H3. The number of nitrogens with two attached hydrogens (primary N) is 1. The SMILES string of the molecule is Cn1ccnc1CCC(CN)C(C)(C)C. The number of aromatic nitrogens is 2. The van der Waals surface area contributed by atoms with Crippen LogP contribution in [0.3, 0.4) is 0 Å². The van der Waals surface area contributed by atoms with E-state index in [4.69, 9.17) is 5.73 Å². The Kier molecular flexibility index (Phi) is 3.91. The Balaban J connectivity index is 2.52. The van der Waals surface area contributed by atoms with Gasteiger partial charge in [-0.3, -0.25) is 0 Å². The molecule has 15 heavy (non-hydrogen) atoms. The van der Waals surface area contributed by atoms with E-state index in [0.29, 0.717) is 11.3 Å². The van der Waals surface area contributed by atoms with Gasteiger partial charge < -0.3 is 10.3 Å². The second-order valence-electron chi connectivity index (χ2n) is 5.29. The van der Waals surface area contributed by atoms with Gasteiger partial charge in [0, 0.05) is 25.9 Å². The summed E-state index contributed by atoms with van der Waals surface area (Å²) in [6.45, 7) is 7.52. The molecule has 86 valence electrons. The fourth-order valence-corrected chi connectivity index (χ4v) is 1.85. The second kappa shape index (κ2) is 4.79. The van der Waals surface area contributed by atoms with E-state index in [1.807, 2.05) is 19.4 Å². The van der Waals surface area contributed by atoms with Gasteiger partial charge >= 0.3 is 0 Å². The summed E-state index contributed by atoms with van der Waals surface area (Å²) in [5.41, 5.74) is 6.10. The van der Waals surface area contributed by atoms with Gasteiger partial charge in [0.05, 0.1) is 0 Å². The Labute approximate surface area is 92.7 Å². The van der Waals surface area contributed by atoms with Crippen LogP contribution in [0.1, 0.15) is 33.0 Å². The number of imidazole rings is 1. The molecular weight excluding hydrogens is 186 g/mol. The number of hydrogen-bond acceptors (Lipinski definition) is 2. The van der Waals surface area contributed by atoms with E-state index in [-0.39, 0.29) is 0 Å². The van der Waals surface area contributed by atoms with Crippen LogP contribution in [0.5, 0.6) is 0 Å². The molecule has 2 N–H and O–H groups in total. The van der Waals surface area contributed by atoms with Crippen molar-refractivity contribution in [1.82, 2.24) is 9.55 Å². The predicted octanol–water partition coefficient (Wildman–Crippen LogP) is 1.97. The molecule has 0 aliphatic heterocycles. The molecule has 0 aliphatic rings. The average Bonchev–Trinajstić information content (AvgIpc) is 2.50. The van der Waals surface area contributed by atoms with Crippen LogP contribution < -0.4 is 5.73 Å². The lowest BCUT2D eigenvalue weighted by Gasteiger charge is -2.29. The highest BCUT2D eigenvalue weighted by atomic mass is 15.0. The van der Waals surface area contributed by atoms with Crippen molar-refractivity contribution < 1.29 is 0 Å². The van der Waals surface area contributed by atoms with Crippen molar-refractivity contribution in [1.29, 1.82) is 0 Å². The van der Waals surface area contributed by atoms with Gasteiger partial charge in [-0.15, -0.1) is 0 Å². The third-order valence-electron chi connectivity index (χ3n) is 3.15. The largest absolute Gasteiger partial charge is 0.338 e. The highest BCUT2D eigenvalue weighted by Gasteiger charge is 2.23.